The van der Waals surface area contributed by atoms with Gasteiger partial charge in [-0.05, 0) is 31.4 Å². The average molecular weight is 319 g/mol. The number of amides is 1. The summed E-state index contributed by atoms with van der Waals surface area (Å²) in [6.45, 7) is 6.61. The van der Waals surface area contributed by atoms with Gasteiger partial charge in [-0.1, -0.05) is 13.8 Å². The van der Waals surface area contributed by atoms with E-state index in [9.17, 15) is 4.79 Å². The summed E-state index contributed by atoms with van der Waals surface area (Å²) in [5, 5.41) is 0. The van der Waals surface area contributed by atoms with E-state index in [0.29, 0.717) is 35.6 Å². The van der Waals surface area contributed by atoms with E-state index < -0.39 is 0 Å². The van der Waals surface area contributed by atoms with Crippen LogP contribution in [-0.4, -0.2) is 35.4 Å². The highest BCUT2D eigenvalue weighted by Crippen LogP contribution is 2.22. The van der Waals surface area contributed by atoms with Gasteiger partial charge in [0.25, 0.3) is 5.89 Å². The number of hydrogen-bond acceptors (Lipinski definition) is 5. The number of aryl methyl sites for hydroxylation is 1. The van der Waals surface area contributed by atoms with E-state index in [4.69, 9.17) is 14.6 Å². The van der Waals surface area contributed by atoms with Gasteiger partial charge in [0.1, 0.15) is 5.76 Å². The van der Waals surface area contributed by atoms with E-state index in [1.54, 1.807) is 37.3 Å². The summed E-state index contributed by atoms with van der Waals surface area (Å²) >= 11 is 0. The van der Waals surface area contributed by atoms with Crippen molar-refractivity contribution in [3.63, 3.8) is 0 Å². The molecule has 0 spiro atoms. The second-order valence-electron chi connectivity index (χ2n) is 6.19. The molecule has 2 aromatic rings. The van der Waals surface area contributed by atoms with Gasteiger partial charge in [0, 0.05) is 19.6 Å². The predicted octanol–water partition coefficient (Wildman–Crippen LogP) is 2.62. The summed E-state index contributed by atoms with van der Waals surface area (Å²) in [6, 6.07) is 3.64. The fourth-order valence-electron chi connectivity index (χ4n) is 2.18. The number of nitrogens with zero attached hydrogens (tertiary/aromatic N) is 2. The van der Waals surface area contributed by atoms with E-state index >= 15 is 0 Å². The minimum Gasteiger partial charge on any atom is -0.459 e. The van der Waals surface area contributed by atoms with Crippen molar-refractivity contribution in [3.8, 4) is 11.7 Å². The topological polar surface area (TPSA) is 85.5 Å². The molecule has 0 bridgehead atoms. The number of oxazole rings is 1. The molecular weight excluding hydrogens is 294 g/mol. The van der Waals surface area contributed by atoms with Crippen LogP contribution in [0.2, 0.25) is 0 Å². The van der Waals surface area contributed by atoms with Gasteiger partial charge in [-0.2, -0.15) is 0 Å². The largest absolute Gasteiger partial charge is 0.459 e. The molecule has 0 aliphatic carbocycles. The Balaban J connectivity index is 1.95. The van der Waals surface area contributed by atoms with Crippen LogP contribution in [0.3, 0.4) is 0 Å². The summed E-state index contributed by atoms with van der Waals surface area (Å²) in [5.41, 5.74) is 6.66. The van der Waals surface area contributed by atoms with Crippen LogP contribution in [0.4, 0.5) is 0 Å². The molecule has 2 heterocycles. The van der Waals surface area contributed by atoms with Gasteiger partial charge in [-0.25, -0.2) is 4.98 Å². The van der Waals surface area contributed by atoms with Crippen molar-refractivity contribution in [2.24, 2.45) is 11.7 Å². The number of nitrogens with two attached hydrogens (primary N) is 1. The molecule has 1 unspecified atom stereocenters. The number of furan rings is 1. The zero-order valence-electron chi connectivity index (χ0n) is 14.2. The lowest BCUT2D eigenvalue weighted by atomic mass is 10.0. The van der Waals surface area contributed by atoms with E-state index in [2.05, 4.69) is 18.8 Å². The lowest BCUT2D eigenvalue weighted by molar-refractivity contribution is -0.129. The van der Waals surface area contributed by atoms with E-state index in [0.717, 1.165) is 6.42 Å². The fourth-order valence-corrected chi connectivity index (χ4v) is 2.18. The Hall–Kier alpha value is -2.08. The Kier molecular flexibility index (Phi) is 5.60. The first-order valence-electron chi connectivity index (χ1n) is 7.88. The molecule has 0 saturated carbocycles. The molecule has 2 N–H and O–H groups in total. The van der Waals surface area contributed by atoms with Crippen LogP contribution in [0.1, 0.15) is 31.7 Å². The van der Waals surface area contributed by atoms with Crippen LogP contribution in [-0.2, 0) is 11.2 Å². The first kappa shape index (κ1) is 17.3. The third-order valence-corrected chi connectivity index (χ3v) is 4.02. The summed E-state index contributed by atoms with van der Waals surface area (Å²) < 4.78 is 10.8. The molecule has 0 saturated heterocycles. The third-order valence-electron chi connectivity index (χ3n) is 4.02. The van der Waals surface area contributed by atoms with Crippen LogP contribution in [0.15, 0.2) is 27.2 Å². The number of hydrogen-bond donors (Lipinski definition) is 1. The Bertz CT molecular complexity index is 632. The first-order valence-corrected chi connectivity index (χ1v) is 7.88. The van der Waals surface area contributed by atoms with Crippen LogP contribution in [0, 0.1) is 12.8 Å². The summed E-state index contributed by atoms with van der Waals surface area (Å²) in [6.07, 6.45) is 2.56. The molecular formula is C17H25N3O3. The van der Waals surface area contributed by atoms with Crippen molar-refractivity contribution in [3.05, 3.63) is 29.9 Å². The molecule has 1 amide bonds. The van der Waals surface area contributed by atoms with Crippen molar-refractivity contribution < 1.29 is 13.6 Å². The molecule has 23 heavy (non-hydrogen) atoms. The van der Waals surface area contributed by atoms with Crippen LogP contribution in [0.5, 0.6) is 0 Å². The minimum atomic E-state index is 0.00310. The minimum absolute atomic E-state index is 0.00310. The van der Waals surface area contributed by atoms with Crippen molar-refractivity contribution in [2.45, 2.75) is 39.7 Å². The zero-order valence-corrected chi connectivity index (χ0v) is 14.2. The van der Waals surface area contributed by atoms with Gasteiger partial charge in [-0.15, -0.1) is 0 Å². The highest BCUT2D eigenvalue weighted by Gasteiger charge is 2.19. The molecule has 2 aromatic heterocycles. The van der Waals surface area contributed by atoms with Crippen molar-refractivity contribution >= 4 is 5.91 Å². The maximum absolute atomic E-state index is 12.3. The Morgan fingerprint density at radius 1 is 1.43 bits per heavy atom. The van der Waals surface area contributed by atoms with E-state index in [-0.39, 0.29) is 18.4 Å². The Labute approximate surface area is 136 Å². The third kappa shape index (κ3) is 4.45. The van der Waals surface area contributed by atoms with Crippen LogP contribution >= 0.6 is 0 Å². The van der Waals surface area contributed by atoms with Gasteiger partial charge < -0.3 is 19.5 Å². The van der Waals surface area contributed by atoms with Crippen molar-refractivity contribution in [2.75, 3.05) is 13.6 Å². The molecule has 2 rings (SSSR count). The number of rotatable bonds is 7. The first-order chi connectivity index (χ1) is 10.9. The smallest absolute Gasteiger partial charge is 0.263 e. The molecule has 6 heteroatoms. The normalized spacial score (nSPS) is 12.6. The molecule has 126 valence electrons. The Morgan fingerprint density at radius 3 is 2.78 bits per heavy atom. The van der Waals surface area contributed by atoms with Gasteiger partial charge in [0.2, 0.25) is 5.91 Å². The maximum Gasteiger partial charge on any atom is 0.263 e. The van der Waals surface area contributed by atoms with E-state index in [1.807, 2.05) is 0 Å². The van der Waals surface area contributed by atoms with Crippen LogP contribution < -0.4 is 5.73 Å². The zero-order chi connectivity index (χ0) is 17.0. The predicted molar refractivity (Wildman–Crippen MR) is 87.7 cm³/mol. The summed E-state index contributed by atoms with van der Waals surface area (Å²) in [4.78, 5) is 18.4. The van der Waals surface area contributed by atoms with Crippen molar-refractivity contribution in [1.29, 1.82) is 0 Å². The van der Waals surface area contributed by atoms with Crippen LogP contribution in [0.25, 0.3) is 11.7 Å². The van der Waals surface area contributed by atoms with Gasteiger partial charge in [0.15, 0.2) is 5.76 Å². The van der Waals surface area contributed by atoms with Gasteiger partial charge in [0.05, 0.1) is 18.4 Å². The fraction of sp³-hybridized carbons (Fsp3) is 0.529. The summed E-state index contributed by atoms with van der Waals surface area (Å²) in [5.74, 6) is 2.01. The quantitative estimate of drug-likeness (QED) is 0.848. The molecule has 6 nitrogen and oxygen atoms in total. The highest BCUT2D eigenvalue weighted by atomic mass is 16.4. The Morgan fingerprint density at radius 2 is 2.17 bits per heavy atom. The number of likely N-dealkylation sites (N-methyl/N-ethyl adjacent to an activating group) is 1. The lowest BCUT2D eigenvalue weighted by Crippen LogP contribution is -2.35. The van der Waals surface area contributed by atoms with Gasteiger partial charge >= 0.3 is 0 Å². The number of aromatic nitrogens is 1. The molecule has 0 fully saturated rings. The number of carbonyl (C=O) groups is 1. The van der Waals surface area contributed by atoms with E-state index in [1.165, 1.54) is 0 Å². The molecule has 0 aliphatic heterocycles. The standard InChI is InChI=1S/C17H25N3O3/c1-11(2)13(18)7-8-20(4)16(21)10-14-12(3)23-17(19-14)15-6-5-9-22-15/h5-6,9,11,13H,7-8,10,18H2,1-4H3. The van der Waals surface area contributed by atoms with Gasteiger partial charge in [-0.3, -0.25) is 4.79 Å². The van der Waals surface area contributed by atoms with Crippen molar-refractivity contribution in [1.82, 2.24) is 9.88 Å². The monoisotopic (exact) mass is 319 g/mol. The average Bonchev–Trinajstić information content (AvgIpc) is 3.14. The SMILES string of the molecule is Cc1oc(-c2ccco2)nc1CC(=O)N(C)CCC(N)C(C)C. The lowest BCUT2D eigenvalue weighted by Gasteiger charge is -2.21. The molecule has 1 atom stereocenters. The number of carbonyl (C=O) groups excluding carboxylic acids is 1. The second kappa shape index (κ2) is 7.46. The molecule has 0 aliphatic rings. The second-order valence-corrected chi connectivity index (χ2v) is 6.19. The molecule has 0 aromatic carbocycles. The highest BCUT2D eigenvalue weighted by molar-refractivity contribution is 5.78. The summed E-state index contributed by atoms with van der Waals surface area (Å²) in [7, 11) is 1.79. The maximum atomic E-state index is 12.3. The molecule has 0 radical (unpaired) electrons.